The minimum atomic E-state index is -0.845. The van der Waals surface area contributed by atoms with Crippen LogP contribution in [0.4, 0.5) is 4.79 Å². The van der Waals surface area contributed by atoms with Crippen molar-refractivity contribution in [3.63, 3.8) is 0 Å². The molecule has 1 fully saturated rings. The van der Waals surface area contributed by atoms with Crippen LogP contribution in [0.25, 0.3) is 6.08 Å². The molecular weight excluding hydrogens is 456 g/mol. The zero-order chi connectivity index (χ0) is 24.3. The standard InChI is InChI=1S/C25H26N2O6S/c28-22(26-13-6-2-5-12-23(29)30)16-27-24(31)21(34-25(27)32)15-19-10-7-11-20(14-19)33-17-18-8-3-1-4-9-18/h1,3-4,7-11,14-15H,2,5-6,12-13,16-17H2,(H,26,28)(H,29,30)/b21-15-. The molecule has 3 amide bonds. The van der Waals surface area contributed by atoms with Crippen LogP contribution in [0.3, 0.4) is 0 Å². The van der Waals surface area contributed by atoms with E-state index in [4.69, 9.17) is 9.84 Å². The fourth-order valence-corrected chi connectivity index (χ4v) is 4.07. The molecule has 0 aliphatic carbocycles. The van der Waals surface area contributed by atoms with Gasteiger partial charge in [-0.1, -0.05) is 48.9 Å². The molecule has 1 saturated heterocycles. The second kappa shape index (κ2) is 12.6. The lowest BCUT2D eigenvalue weighted by molar-refractivity contribution is -0.137. The van der Waals surface area contributed by atoms with Crippen LogP contribution >= 0.6 is 11.8 Å². The number of carbonyl (C=O) groups excluding carboxylic acids is 3. The largest absolute Gasteiger partial charge is 0.489 e. The van der Waals surface area contributed by atoms with Crippen LogP contribution in [-0.2, 0) is 21.0 Å². The van der Waals surface area contributed by atoms with Crippen LogP contribution in [0, 0.1) is 0 Å². The minimum absolute atomic E-state index is 0.0964. The molecule has 2 aromatic carbocycles. The molecule has 1 heterocycles. The average molecular weight is 483 g/mol. The maximum Gasteiger partial charge on any atom is 0.303 e. The fraction of sp³-hybridized carbons (Fsp3) is 0.280. The summed E-state index contributed by atoms with van der Waals surface area (Å²) in [6.45, 7) is 0.424. The van der Waals surface area contributed by atoms with E-state index in [9.17, 15) is 19.2 Å². The van der Waals surface area contributed by atoms with Crippen molar-refractivity contribution in [1.82, 2.24) is 10.2 Å². The highest BCUT2D eigenvalue weighted by Gasteiger charge is 2.36. The van der Waals surface area contributed by atoms with Gasteiger partial charge in [-0.05, 0) is 53.9 Å². The van der Waals surface area contributed by atoms with Crippen LogP contribution in [-0.4, -0.2) is 46.1 Å². The van der Waals surface area contributed by atoms with Crippen LogP contribution in [0.15, 0.2) is 59.5 Å². The van der Waals surface area contributed by atoms with Crippen molar-refractivity contribution in [2.45, 2.75) is 32.3 Å². The lowest BCUT2D eigenvalue weighted by Gasteiger charge is -2.12. The lowest BCUT2D eigenvalue weighted by atomic mass is 10.2. The first-order valence-electron chi connectivity index (χ1n) is 10.9. The highest BCUT2D eigenvalue weighted by atomic mass is 32.2. The van der Waals surface area contributed by atoms with Gasteiger partial charge >= 0.3 is 5.97 Å². The molecule has 0 spiro atoms. The molecule has 0 atom stereocenters. The smallest absolute Gasteiger partial charge is 0.303 e. The molecule has 9 heteroatoms. The summed E-state index contributed by atoms with van der Waals surface area (Å²) in [5, 5.41) is 10.8. The van der Waals surface area contributed by atoms with Gasteiger partial charge in [0.15, 0.2) is 0 Å². The van der Waals surface area contributed by atoms with E-state index in [0.717, 1.165) is 22.2 Å². The van der Waals surface area contributed by atoms with Gasteiger partial charge in [-0.2, -0.15) is 0 Å². The van der Waals surface area contributed by atoms with E-state index in [0.29, 0.717) is 43.7 Å². The third-order valence-electron chi connectivity index (χ3n) is 4.97. The van der Waals surface area contributed by atoms with E-state index in [2.05, 4.69) is 5.32 Å². The van der Waals surface area contributed by atoms with E-state index >= 15 is 0 Å². The number of benzene rings is 2. The number of carboxylic acids is 1. The second-order valence-electron chi connectivity index (χ2n) is 7.67. The fourth-order valence-electron chi connectivity index (χ4n) is 3.23. The minimum Gasteiger partial charge on any atom is -0.489 e. The summed E-state index contributed by atoms with van der Waals surface area (Å²) in [5.74, 6) is -1.15. The van der Waals surface area contributed by atoms with Gasteiger partial charge in [0.25, 0.3) is 11.1 Å². The first kappa shape index (κ1) is 25.0. The summed E-state index contributed by atoms with van der Waals surface area (Å²) >= 11 is 0.794. The number of imide groups is 1. The van der Waals surface area contributed by atoms with Gasteiger partial charge in [-0.15, -0.1) is 0 Å². The van der Waals surface area contributed by atoms with E-state index < -0.39 is 23.0 Å². The molecule has 0 saturated carbocycles. The Bertz CT molecular complexity index is 1070. The number of hydrogen-bond donors (Lipinski definition) is 2. The van der Waals surface area contributed by atoms with E-state index in [1.54, 1.807) is 24.3 Å². The van der Waals surface area contributed by atoms with E-state index in [-0.39, 0.29) is 17.9 Å². The zero-order valence-electron chi connectivity index (χ0n) is 18.6. The third kappa shape index (κ3) is 7.77. The number of nitrogens with zero attached hydrogens (tertiary/aromatic N) is 1. The van der Waals surface area contributed by atoms with Crippen molar-refractivity contribution in [3.05, 3.63) is 70.6 Å². The van der Waals surface area contributed by atoms with Crippen LogP contribution in [0.2, 0.25) is 0 Å². The van der Waals surface area contributed by atoms with Gasteiger partial charge in [-0.25, -0.2) is 0 Å². The van der Waals surface area contributed by atoms with Gasteiger partial charge in [-0.3, -0.25) is 24.1 Å². The van der Waals surface area contributed by atoms with Crippen molar-refractivity contribution in [1.29, 1.82) is 0 Å². The van der Waals surface area contributed by atoms with E-state index in [1.165, 1.54) is 0 Å². The number of nitrogens with one attached hydrogen (secondary N) is 1. The molecule has 0 aromatic heterocycles. The number of aliphatic carboxylic acids is 1. The number of hydrogen-bond acceptors (Lipinski definition) is 6. The maximum atomic E-state index is 12.7. The predicted octanol–water partition coefficient (Wildman–Crippen LogP) is 4.06. The Kier molecular flexibility index (Phi) is 9.28. The quantitative estimate of drug-likeness (QED) is 0.346. The molecule has 2 N–H and O–H groups in total. The van der Waals surface area contributed by atoms with Gasteiger partial charge in [0.1, 0.15) is 18.9 Å². The Balaban J connectivity index is 1.51. The number of unbranched alkanes of at least 4 members (excludes halogenated alkanes) is 2. The summed E-state index contributed by atoms with van der Waals surface area (Å²) in [5.41, 5.74) is 1.74. The SMILES string of the molecule is O=C(O)CCCCCNC(=O)CN1C(=O)S/C(=C\c2cccc(OCc3ccccc3)c2)C1=O. The average Bonchev–Trinajstić information content (AvgIpc) is 3.08. The topological polar surface area (TPSA) is 113 Å². The highest BCUT2D eigenvalue weighted by molar-refractivity contribution is 8.18. The first-order valence-corrected chi connectivity index (χ1v) is 11.7. The Labute approximate surface area is 202 Å². The predicted molar refractivity (Wildman–Crippen MR) is 129 cm³/mol. The van der Waals surface area contributed by atoms with Crippen LogP contribution in [0.5, 0.6) is 5.75 Å². The Morgan fingerprint density at radius 2 is 1.82 bits per heavy atom. The van der Waals surface area contributed by atoms with Crippen LogP contribution < -0.4 is 10.1 Å². The Morgan fingerprint density at radius 3 is 2.59 bits per heavy atom. The summed E-state index contributed by atoms with van der Waals surface area (Å²) < 4.78 is 5.81. The van der Waals surface area contributed by atoms with Crippen LogP contribution in [0.1, 0.15) is 36.8 Å². The summed E-state index contributed by atoms with van der Waals surface area (Å²) in [7, 11) is 0. The lowest BCUT2D eigenvalue weighted by Crippen LogP contribution is -2.39. The van der Waals surface area contributed by atoms with Crippen molar-refractivity contribution in [2.75, 3.05) is 13.1 Å². The maximum absolute atomic E-state index is 12.7. The number of amides is 3. The highest BCUT2D eigenvalue weighted by Crippen LogP contribution is 2.32. The normalized spacial score (nSPS) is 14.5. The monoisotopic (exact) mass is 482 g/mol. The number of rotatable bonds is 12. The summed E-state index contributed by atoms with van der Waals surface area (Å²) in [6.07, 6.45) is 3.55. The number of carboxylic acid groups (broad SMARTS) is 1. The molecule has 34 heavy (non-hydrogen) atoms. The molecule has 2 aromatic rings. The van der Waals surface area contributed by atoms with Crippen molar-refractivity contribution in [2.24, 2.45) is 0 Å². The van der Waals surface area contributed by atoms with Gasteiger partial charge in [0.2, 0.25) is 5.91 Å². The van der Waals surface area contributed by atoms with Gasteiger partial charge < -0.3 is 15.2 Å². The number of thioether (sulfide) groups is 1. The molecule has 3 rings (SSSR count). The molecule has 178 valence electrons. The first-order chi connectivity index (χ1) is 16.4. The molecule has 0 bridgehead atoms. The Morgan fingerprint density at radius 1 is 1.03 bits per heavy atom. The zero-order valence-corrected chi connectivity index (χ0v) is 19.4. The number of carbonyl (C=O) groups is 4. The number of ether oxygens (including phenoxy) is 1. The Hall–Kier alpha value is -3.59. The molecule has 0 radical (unpaired) electrons. The second-order valence-corrected chi connectivity index (χ2v) is 8.66. The molecule has 1 aliphatic heterocycles. The molecular formula is C25H26N2O6S. The summed E-state index contributed by atoms with van der Waals surface area (Å²) in [6, 6.07) is 17.0. The van der Waals surface area contributed by atoms with Crippen molar-refractivity contribution < 1.29 is 29.0 Å². The van der Waals surface area contributed by atoms with Gasteiger partial charge in [0, 0.05) is 13.0 Å². The van der Waals surface area contributed by atoms with Gasteiger partial charge in [0.05, 0.1) is 4.91 Å². The van der Waals surface area contributed by atoms with Crippen molar-refractivity contribution >= 4 is 40.9 Å². The molecule has 1 aliphatic rings. The molecule has 0 unspecified atom stereocenters. The third-order valence-corrected chi connectivity index (χ3v) is 5.88. The van der Waals surface area contributed by atoms with E-state index in [1.807, 2.05) is 36.4 Å². The molecule has 8 nitrogen and oxygen atoms in total. The van der Waals surface area contributed by atoms with Crippen molar-refractivity contribution in [3.8, 4) is 5.75 Å². The summed E-state index contributed by atoms with van der Waals surface area (Å²) in [4.78, 5) is 48.8.